The predicted molar refractivity (Wildman–Crippen MR) is 104 cm³/mol. The Bertz CT molecular complexity index is 1010. The third-order valence-corrected chi connectivity index (χ3v) is 4.94. The van der Waals surface area contributed by atoms with Gasteiger partial charge < -0.3 is 20.1 Å². The summed E-state index contributed by atoms with van der Waals surface area (Å²) in [6.45, 7) is 0.929. The molecule has 0 bridgehead atoms. The lowest BCUT2D eigenvalue weighted by Crippen LogP contribution is -2.28. The monoisotopic (exact) mass is 405 g/mol. The summed E-state index contributed by atoms with van der Waals surface area (Å²) < 4.78 is 1.80. The van der Waals surface area contributed by atoms with Crippen molar-refractivity contribution in [3.63, 3.8) is 0 Å². The fourth-order valence-electron chi connectivity index (χ4n) is 3.14. The summed E-state index contributed by atoms with van der Waals surface area (Å²) in [4.78, 5) is 12.9. The molecule has 0 fully saturated rings. The largest absolute Gasteiger partial charge is 0.389 e. The van der Waals surface area contributed by atoms with E-state index in [1.165, 1.54) is 0 Å². The van der Waals surface area contributed by atoms with Crippen LogP contribution in [0.2, 0.25) is 10.3 Å². The summed E-state index contributed by atoms with van der Waals surface area (Å²) in [7, 11) is 0. The van der Waals surface area contributed by atoms with Crippen molar-refractivity contribution in [3.8, 4) is 0 Å². The number of benzene rings is 1. The Morgan fingerprint density at radius 3 is 2.74 bits per heavy atom. The lowest BCUT2D eigenvalue weighted by Gasteiger charge is -2.17. The van der Waals surface area contributed by atoms with E-state index >= 15 is 0 Å². The van der Waals surface area contributed by atoms with Crippen molar-refractivity contribution in [1.82, 2.24) is 19.5 Å². The summed E-state index contributed by atoms with van der Waals surface area (Å²) in [6, 6.07) is 7.52. The van der Waals surface area contributed by atoms with Gasteiger partial charge in [-0.25, -0.2) is 4.98 Å². The molecule has 2 heterocycles. The number of hydrogen-bond acceptors (Lipinski definition) is 6. The SMILES string of the molecule is O[C@@H]1[C@H](O)C=C[C@H]1Cn1cnc2c(NCc3cccc(Cl)c3)nc(Cl)nc21. The Hall–Kier alpha value is -2.19. The van der Waals surface area contributed by atoms with Crippen molar-refractivity contribution in [2.75, 3.05) is 5.32 Å². The van der Waals surface area contributed by atoms with Crippen molar-refractivity contribution in [2.24, 2.45) is 5.92 Å². The van der Waals surface area contributed by atoms with Gasteiger partial charge in [0.05, 0.1) is 18.5 Å². The molecule has 2 aromatic heterocycles. The normalized spacial score (nSPS) is 21.9. The van der Waals surface area contributed by atoms with E-state index in [1.807, 2.05) is 24.3 Å². The van der Waals surface area contributed by atoms with Gasteiger partial charge in [0.25, 0.3) is 0 Å². The predicted octanol–water partition coefficient (Wildman–Crippen LogP) is 2.65. The molecule has 4 rings (SSSR count). The van der Waals surface area contributed by atoms with Crippen molar-refractivity contribution in [2.45, 2.75) is 25.3 Å². The highest BCUT2D eigenvalue weighted by atomic mass is 35.5. The molecule has 3 aromatic rings. The van der Waals surface area contributed by atoms with Crippen LogP contribution in [0.4, 0.5) is 5.82 Å². The summed E-state index contributed by atoms with van der Waals surface area (Å²) in [5.74, 6) is 0.292. The molecule has 0 saturated carbocycles. The number of aliphatic hydroxyl groups excluding tert-OH is 2. The number of nitrogens with zero attached hydrogens (tertiary/aromatic N) is 4. The minimum absolute atomic E-state index is 0.0976. The van der Waals surface area contributed by atoms with E-state index in [0.29, 0.717) is 35.1 Å². The van der Waals surface area contributed by atoms with Gasteiger partial charge in [-0.1, -0.05) is 35.9 Å². The molecule has 3 atom stereocenters. The second kappa shape index (κ2) is 7.44. The van der Waals surface area contributed by atoms with E-state index in [1.54, 1.807) is 23.0 Å². The highest BCUT2D eigenvalue weighted by molar-refractivity contribution is 6.30. The van der Waals surface area contributed by atoms with Crippen LogP contribution in [-0.4, -0.2) is 41.9 Å². The first-order valence-corrected chi connectivity index (χ1v) is 9.18. The summed E-state index contributed by atoms with van der Waals surface area (Å²) in [6.07, 6.45) is 3.32. The molecule has 140 valence electrons. The fraction of sp³-hybridized carbons (Fsp3) is 0.278. The molecule has 1 aromatic carbocycles. The zero-order chi connectivity index (χ0) is 19.0. The number of aliphatic hydroxyl groups is 2. The molecule has 3 N–H and O–H groups in total. The zero-order valence-electron chi connectivity index (χ0n) is 14.1. The van der Waals surface area contributed by atoms with Crippen molar-refractivity contribution >= 4 is 40.2 Å². The Morgan fingerprint density at radius 1 is 1.15 bits per heavy atom. The number of hydrogen-bond donors (Lipinski definition) is 3. The average molecular weight is 406 g/mol. The van der Waals surface area contributed by atoms with Crippen LogP contribution >= 0.6 is 23.2 Å². The molecule has 0 radical (unpaired) electrons. The maximum Gasteiger partial charge on any atom is 0.226 e. The van der Waals surface area contributed by atoms with E-state index in [9.17, 15) is 10.2 Å². The van der Waals surface area contributed by atoms with E-state index in [0.717, 1.165) is 5.56 Å². The minimum atomic E-state index is -0.849. The number of nitrogens with one attached hydrogen (secondary N) is 1. The molecule has 27 heavy (non-hydrogen) atoms. The first kappa shape index (κ1) is 18.2. The summed E-state index contributed by atoms with van der Waals surface area (Å²) in [5, 5.41) is 23.7. The molecule has 0 saturated heterocycles. The van der Waals surface area contributed by atoms with E-state index in [2.05, 4.69) is 20.3 Å². The molecule has 1 aliphatic carbocycles. The van der Waals surface area contributed by atoms with E-state index < -0.39 is 12.2 Å². The van der Waals surface area contributed by atoms with Gasteiger partial charge in [0.1, 0.15) is 0 Å². The first-order chi connectivity index (χ1) is 13.0. The molecule has 0 amide bonds. The highest BCUT2D eigenvalue weighted by Crippen LogP contribution is 2.25. The number of aromatic nitrogens is 4. The van der Waals surface area contributed by atoms with Crippen molar-refractivity contribution < 1.29 is 10.2 Å². The third kappa shape index (κ3) is 3.77. The van der Waals surface area contributed by atoms with Crippen LogP contribution in [0.25, 0.3) is 11.2 Å². The smallest absolute Gasteiger partial charge is 0.226 e. The van der Waals surface area contributed by atoms with Gasteiger partial charge in [-0.2, -0.15) is 9.97 Å². The summed E-state index contributed by atoms with van der Waals surface area (Å²) >= 11 is 12.1. The maximum absolute atomic E-state index is 10.0. The van der Waals surface area contributed by atoms with Crippen molar-refractivity contribution in [3.05, 3.63) is 58.6 Å². The van der Waals surface area contributed by atoms with Crippen LogP contribution in [0.5, 0.6) is 0 Å². The number of fused-ring (bicyclic) bond motifs is 1. The second-order valence-corrected chi connectivity index (χ2v) is 7.20. The van der Waals surface area contributed by atoms with Crippen LogP contribution < -0.4 is 5.32 Å². The maximum atomic E-state index is 10.0. The van der Waals surface area contributed by atoms with Gasteiger partial charge in [0, 0.05) is 24.0 Å². The Balaban J connectivity index is 1.59. The topological polar surface area (TPSA) is 96.1 Å². The molecule has 0 spiro atoms. The quantitative estimate of drug-likeness (QED) is 0.446. The van der Waals surface area contributed by atoms with Gasteiger partial charge in [-0.15, -0.1) is 0 Å². The minimum Gasteiger partial charge on any atom is -0.389 e. The van der Waals surface area contributed by atoms with Crippen LogP contribution in [0, 0.1) is 5.92 Å². The third-order valence-electron chi connectivity index (χ3n) is 4.54. The van der Waals surface area contributed by atoms with Crippen LogP contribution in [-0.2, 0) is 13.1 Å². The zero-order valence-corrected chi connectivity index (χ0v) is 15.6. The van der Waals surface area contributed by atoms with E-state index in [4.69, 9.17) is 23.2 Å². The van der Waals surface area contributed by atoms with Gasteiger partial charge >= 0.3 is 0 Å². The van der Waals surface area contributed by atoms with Crippen LogP contribution in [0.3, 0.4) is 0 Å². The molecule has 9 heteroatoms. The standard InChI is InChI=1S/C18H17Cl2N5O2/c19-12-3-1-2-10(6-12)7-21-16-14-17(24-18(20)23-16)25(9-22-14)8-11-4-5-13(26)15(11)27/h1-6,9,11,13,15,26-27H,7-8H2,(H,21,23,24)/t11-,13+,15-/m0/s1. The molecule has 0 aliphatic heterocycles. The van der Waals surface area contributed by atoms with Crippen molar-refractivity contribution in [1.29, 1.82) is 0 Å². The van der Waals surface area contributed by atoms with Crippen LogP contribution in [0.15, 0.2) is 42.7 Å². The fourth-order valence-corrected chi connectivity index (χ4v) is 3.52. The van der Waals surface area contributed by atoms with Crippen LogP contribution in [0.1, 0.15) is 5.56 Å². The Labute approximate surface area is 165 Å². The average Bonchev–Trinajstić information content (AvgIpc) is 3.18. The first-order valence-electron chi connectivity index (χ1n) is 8.42. The van der Waals surface area contributed by atoms with Gasteiger partial charge in [-0.3, -0.25) is 0 Å². The number of rotatable bonds is 5. The van der Waals surface area contributed by atoms with Gasteiger partial charge in [0.15, 0.2) is 17.0 Å². The number of halogens is 2. The number of anilines is 1. The molecule has 7 nitrogen and oxygen atoms in total. The lowest BCUT2D eigenvalue weighted by molar-refractivity contribution is 0.0298. The molecular formula is C18H17Cl2N5O2. The van der Waals surface area contributed by atoms with Gasteiger partial charge in [-0.05, 0) is 29.3 Å². The molecule has 1 aliphatic rings. The highest BCUT2D eigenvalue weighted by Gasteiger charge is 2.29. The summed E-state index contributed by atoms with van der Waals surface area (Å²) in [5.41, 5.74) is 2.14. The Kier molecular flexibility index (Phi) is 5.01. The Morgan fingerprint density at radius 2 is 2.00 bits per heavy atom. The second-order valence-electron chi connectivity index (χ2n) is 6.42. The molecule has 0 unspecified atom stereocenters. The molecular weight excluding hydrogens is 389 g/mol. The van der Waals surface area contributed by atoms with Gasteiger partial charge in [0.2, 0.25) is 5.28 Å². The lowest BCUT2D eigenvalue weighted by atomic mass is 10.1. The number of imidazole rings is 1. The van der Waals surface area contributed by atoms with E-state index in [-0.39, 0.29) is 11.2 Å².